The lowest BCUT2D eigenvalue weighted by molar-refractivity contribution is 0.400. The van der Waals surface area contributed by atoms with Gasteiger partial charge in [-0.05, 0) is 43.8 Å². The first-order valence-electron chi connectivity index (χ1n) is 8.66. The Kier molecular flexibility index (Phi) is 14.4. The second-order valence-corrected chi connectivity index (χ2v) is 4.43. The molecule has 2 aromatic carbocycles. The maximum atomic E-state index is 13.9. The quantitative estimate of drug-likeness (QED) is 0.465. The molecular weight excluding hydrogens is 355 g/mol. The second-order valence-electron chi connectivity index (χ2n) is 4.43. The number of rotatable bonds is 3. The van der Waals surface area contributed by atoms with Gasteiger partial charge in [0, 0.05) is 0 Å². The van der Waals surface area contributed by atoms with Crippen LogP contribution in [0, 0.1) is 29.8 Å². The topological polar surface area (TPSA) is 71.1 Å². The monoisotopic (exact) mass is 385 g/mol. The predicted molar refractivity (Wildman–Crippen MR) is 107 cm³/mol. The summed E-state index contributed by atoms with van der Waals surface area (Å²) in [5.74, 6) is -3.26. The summed E-state index contributed by atoms with van der Waals surface area (Å²) in [5, 5.41) is 10.1. The molecule has 0 bridgehead atoms. The van der Waals surface area contributed by atoms with Crippen LogP contribution in [0.3, 0.4) is 0 Å². The second kappa shape index (κ2) is 14.6. The number of nitrogens with two attached hydrogens (primary N) is 1. The number of methoxy groups -OCH3 is 1. The van der Waals surface area contributed by atoms with E-state index in [1.165, 1.54) is 32.4 Å². The van der Waals surface area contributed by atoms with Crippen LogP contribution in [-0.4, -0.2) is 20.1 Å². The highest BCUT2D eigenvalue weighted by Gasteiger charge is 2.18. The van der Waals surface area contributed by atoms with E-state index in [1.807, 2.05) is 27.7 Å². The molecule has 0 aliphatic carbocycles. The van der Waals surface area contributed by atoms with Crippen molar-refractivity contribution in [1.29, 1.82) is 5.41 Å². The molecule has 0 radical (unpaired) electrons. The summed E-state index contributed by atoms with van der Waals surface area (Å²) >= 11 is 0. The molecule has 2 aromatic rings. The lowest BCUT2D eigenvalue weighted by Crippen LogP contribution is -2.09. The summed E-state index contributed by atoms with van der Waals surface area (Å²) in [4.78, 5) is 0. The number of hydrogen-bond donors (Lipinski definition) is 3. The van der Waals surface area contributed by atoms with E-state index in [0.717, 1.165) is 6.07 Å². The molecule has 0 aliphatic rings. The number of benzene rings is 2. The maximum absolute atomic E-state index is 13.9. The molecular formula is C20H30F3N3O. The minimum Gasteiger partial charge on any atom is -0.481 e. The van der Waals surface area contributed by atoms with E-state index in [-0.39, 0.29) is 22.8 Å². The number of halogens is 3. The zero-order valence-corrected chi connectivity index (χ0v) is 17.0. The van der Waals surface area contributed by atoms with Gasteiger partial charge in [0.1, 0.15) is 5.82 Å². The first kappa shape index (κ1) is 26.7. The minimum atomic E-state index is -1.20. The fraction of sp³-hybridized carbons (Fsp3) is 0.350. The first-order chi connectivity index (χ1) is 12.9. The SMILES string of the molecule is CC.CC.CN.COC(=N)c1ccc(F)c(F)c1Nc1ccc(C)cc1F. The third kappa shape index (κ3) is 7.70. The highest BCUT2D eigenvalue weighted by molar-refractivity contribution is 5.98. The van der Waals surface area contributed by atoms with Crippen LogP contribution in [0.4, 0.5) is 24.5 Å². The lowest BCUT2D eigenvalue weighted by atomic mass is 10.1. The number of hydrogen-bond acceptors (Lipinski definition) is 4. The van der Waals surface area contributed by atoms with Crippen molar-refractivity contribution in [2.24, 2.45) is 5.73 Å². The van der Waals surface area contributed by atoms with Gasteiger partial charge in [0.15, 0.2) is 11.6 Å². The van der Waals surface area contributed by atoms with Crippen LogP contribution >= 0.6 is 0 Å². The molecule has 0 atom stereocenters. The third-order valence-corrected chi connectivity index (χ3v) is 2.93. The van der Waals surface area contributed by atoms with Crippen molar-refractivity contribution in [3.8, 4) is 0 Å². The number of aryl methyl sites for hydroxylation is 1. The van der Waals surface area contributed by atoms with Crippen molar-refractivity contribution in [1.82, 2.24) is 0 Å². The summed E-state index contributed by atoms with van der Waals surface area (Å²) in [7, 11) is 2.74. The van der Waals surface area contributed by atoms with E-state index in [0.29, 0.717) is 5.56 Å². The number of ether oxygens (including phenoxy) is 1. The predicted octanol–water partition coefficient (Wildman–Crippen LogP) is 5.75. The first-order valence-corrected chi connectivity index (χ1v) is 8.66. The molecule has 0 amide bonds. The fourth-order valence-corrected chi connectivity index (χ4v) is 1.83. The Bertz CT molecular complexity index is 707. The van der Waals surface area contributed by atoms with Gasteiger partial charge in [-0.1, -0.05) is 33.8 Å². The smallest absolute Gasteiger partial charge is 0.215 e. The van der Waals surface area contributed by atoms with Crippen LogP contribution < -0.4 is 11.1 Å². The van der Waals surface area contributed by atoms with Gasteiger partial charge in [-0.15, -0.1) is 0 Å². The summed E-state index contributed by atoms with van der Waals surface area (Å²) < 4.78 is 45.9. The molecule has 0 saturated carbocycles. The Labute approximate surface area is 160 Å². The van der Waals surface area contributed by atoms with E-state index in [1.54, 1.807) is 13.0 Å². The van der Waals surface area contributed by atoms with E-state index < -0.39 is 17.5 Å². The summed E-state index contributed by atoms with van der Waals surface area (Å²) in [6.07, 6.45) is 0. The van der Waals surface area contributed by atoms with Gasteiger partial charge in [-0.3, -0.25) is 5.41 Å². The Morgan fingerprint density at radius 3 is 2.00 bits per heavy atom. The molecule has 0 heterocycles. The summed E-state index contributed by atoms with van der Waals surface area (Å²) in [6.45, 7) is 9.71. The Hall–Kier alpha value is -2.54. The van der Waals surface area contributed by atoms with Crippen molar-refractivity contribution in [2.75, 3.05) is 19.5 Å². The molecule has 2 rings (SSSR count). The molecule has 0 saturated heterocycles. The molecule has 7 heteroatoms. The van der Waals surface area contributed by atoms with E-state index in [2.05, 4.69) is 11.1 Å². The molecule has 0 fully saturated rings. The van der Waals surface area contributed by atoms with Crippen LogP contribution in [0.25, 0.3) is 0 Å². The normalized spacial score (nSPS) is 8.70. The van der Waals surface area contributed by atoms with Crippen LogP contribution in [0.15, 0.2) is 30.3 Å². The maximum Gasteiger partial charge on any atom is 0.215 e. The van der Waals surface area contributed by atoms with Crippen molar-refractivity contribution < 1.29 is 17.9 Å². The van der Waals surface area contributed by atoms with Gasteiger partial charge in [0.2, 0.25) is 5.90 Å². The lowest BCUT2D eigenvalue weighted by Gasteiger charge is -2.14. The minimum absolute atomic E-state index is 0.00336. The van der Waals surface area contributed by atoms with Crippen LogP contribution in [0.2, 0.25) is 0 Å². The van der Waals surface area contributed by atoms with Gasteiger partial charge in [0.05, 0.1) is 24.0 Å². The van der Waals surface area contributed by atoms with Crippen molar-refractivity contribution in [2.45, 2.75) is 34.6 Å². The molecule has 4 nitrogen and oxygen atoms in total. The Balaban J connectivity index is 0. The molecule has 0 unspecified atom stereocenters. The van der Waals surface area contributed by atoms with Gasteiger partial charge in [-0.25, -0.2) is 13.2 Å². The highest BCUT2D eigenvalue weighted by Crippen LogP contribution is 2.28. The van der Waals surface area contributed by atoms with Crippen molar-refractivity contribution >= 4 is 17.3 Å². The molecule has 27 heavy (non-hydrogen) atoms. The Morgan fingerprint density at radius 1 is 0.963 bits per heavy atom. The zero-order valence-electron chi connectivity index (χ0n) is 17.0. The third-order valence-electron chi connectivity index (χ3n) is 2.93. The van der Waals surface area contributed by atoms with Gasteiger partial charge >= 0.3 is 0 Å². The van der Waals surface area contributed by atoms with Crippen molar-refractivity contribution in [3.05, 3.63) is 58.9 Å². The van der Waals surface area contributed by atoms with E-state index in [4.69, 9.17) is 10.1 Å². The standard InChI is InChI=1S/C15H13F3N2O.2C2H6.CH5N/c1-8-3-6-12(11(17)7-8)20-14-9(15(19)21-2)4-5-10(16)13(14)18;3*1-2/h3-7,19-20H,1-2H3;2*1-2H3;2H2,1H3. The molecule has 4 N–H and O–H groups in total. The van der Waals surface area contributed by atoms with E-state index >= 15 is 0 Å². The molecule has 0 spiro atoms. The van der Waals surface area contributed by atoms with Crippen LogP contribution in [-0.2, 0) is 4.74 Å². The van der Waals surface area contributed by atoms with Gasteiger partial charge in [-0.2, -0.15) is 0 Å². The average Bonchev–Trinajstić information content (AvgIpc) is 2.71. The fourth-order valence-electron chi connectivity index (χ4n) is 1.83. The molecule has 0 aromatic heterocycles. The van der Waals surface area contributed by atoms with Crippen LogP contribution in [0.1, 0.15) is 38.8 Å². The summed E-state index contributed by atoms with van der Waals surface area (Å²) in [5.41, 5.74) is 4.83. The summed E-state index contributed by atoms with van der Waals surface area (Å²) in [6, 6.07) is 6.38. The molecule has 0 aliphatic heterocycles. The molecule has 152 valence electrons. The van der Waals surface area contributed by atoms with Gasteiger partial charge < -0.3 is 15.8 Å². The highest BCUT2D eigenvalue weighted by atomic mass is 19.2. The average molecular weight is 385 g/mol. The van der Waals surface area contributed by atoms with Crippen LogP contribution in [0.5, 0.6) is 0 Å². The Morgan fingerprint density at radius 2 is 1.52 bits per heavy atom. The number of nitrogens with one attached hydrogen (secondary N) is 2. The van der Waals surface area contributed by atoms with Gasteiger partial charge in [0.25, 0.3) is 0 Å². The van der Waals surface area contributed by atoms with Crippen molar-refractivity contribution in [3.63, 3.8) is 0 Å². The number of anilines is 2. The largest absolute Gasteiger partial charge is 0.481 e. The van der Waals surface area contributed by atoms with E-state index in [9.17, 15) is 13.2 Å². The zero-order chi connectivity index (χ0) is 21.6.